The van der Waals surface area contributed by atoms with E-state index in [0.29, 0.717) is 4.47 Å². The van der Waals surface area contributed by atoms with Crippen LogP contribution in [0.2, 0.25) is 5.15 Å². The molecule has 1 aromatic heterocycles. The smallest absolute Gasteiger partial charge is 0.325 e. The number of halogens is 2. The van der Waals surface area contributed by atoms with Gasteiger partial charge in [0.25, 0.3) is 0 Å². The van der Waals surface area contributed by atoms with Crippen LogP contribution in [0.4, 0.5) is 0 Å². The predicted octanol–water partition coefficient (Wildman–Crippen LogP) is 1.38. The molecule has 0 aliphatic carbocycles. The molecule has 0 unspecified atom stereocenters. The Balaban J connectivity index is 2.81. The zero-order chi connectivity index (χ0) is 8.43. The molecule has 0 spiro atoms. The predicted molar refractivity (Wildman–Crippen MR) is 42.6 cm³/mol. The summed E-state index contributed by atoms with van der Waals surface area (Å²) in [6.45, 7) is -0.175. The van der Waals surface area contributed by atoms with E-state index in [9.17, 15) is 4.79 Å². The molecule has 0 saturated carbocycles. The van der Waals surface area contributed by atoms with Crippen LogP contribution in [0.3, 0.4) is 0 Å². The Morgan fingerprint density at radius 1 is 1.91 bits per heavy atom. The number of carboxylic acid groups (broad SMARTS) is 1. The van der Waals surface area contributed by atoms with Gasteiger partial charge in [0.2, 0.25) is 0 Å². The van der Waals surface area contributed by atoms with Crippen molar-refractivity contribution in [1.29, 1.82) is 0 Å². The van der Waals surface area contributed by atoms with E-state index in [-0.39, 0.29) is 11.7 Å². The summed E-state index contributed by atoms with van der Waals surface area (Å²) in [4.78, 5) is 10.2. The molecule has 1 N–H and O–H groups in total. The summed E-state index contributed by atoms with van der Waals surface area (Å²) in [6, 6.07) is 0. The minimum Gasteiger partial charge on any atom is -0.480 e. The van der Waals surface area contributed by atoms with Gasteiger partial charge in [-0.2, -0.15) is 5.10 Å². The van der Waals surface area contributed by atoms with Crippen LogP contribution in [-0.4, -0.2) is 20.9 Å². The van der Waals surface area contributed by atoms with Gasteiger partial charge >= 0.3 is 5.97 Å². The molecule has 1 aromatic rings. The molecule has 11 heavy (non-hydrogen) atoms. The van der Waals surface area contributed by atoms with Crippen molar-refractivity contribution in [3.63, 3.8) is 0 Å². The van der Waals surface area contributed by atoms with Gasteiger partial charge in [0.1, 0.15) is 6.54 Å². The third kappa shape index (κ3) is 2.20. The average Bonchev–Trinajstić information content (AvgIpc) is 2.10. The molecule has 0 aliphatic heterocycles. The van der Waals surface area contributed by atoms with Crippen LogP contribution in [0.15, 0.2) is 10.7 Å². The summed E-state index contributed by atoms with van der Waals surface area (Å²) in [7, 11) is 0. The third-order valence-corrected chi connectivity index (χ3v) is 2.06. The monoisotopic (exact) mass is 238 g/mol. The Labute approximate surface area is 75.9 Å². The topological polar surface area (TPSA) is 55.1 Å². The van der Waals surface area contributed by atoms with E-state index in [0.717, 1.165) is 0 Å². The number of hydrogen-bond acceptors (Lipinski definition) is 2. The van der Waals surface area contributed by atoms with Crippen molar-refractivity contribution in [3.05, 3.63) is 15.8 Å². The van der Waals surface area contributed by atoms with Gasteiger partial charge in [-0.3, -0.25) is 9.48 Å². The number of aromatic nitrogens is 2. The Morgan fingerprint density at radius 3 is 2.91 bits per heavy atom. The Morgan fingerprint density at radius 2 is 2.55 bits per heavy atom. The maximum absolute atomic E-state index is 10.2. The molecule has 0 aliphatic rings. The highest BCUT2D eigenvalue weighted by Crippen LogP contribution is 2.19. The van der Waals surface area contributed by atoms with Crippen LogP contribution < -0.4 is 0 Å². The fourth-order valence-corrected chi connectivity index (χ4v) is 1.05. The zero-order valence-electron chi connectivity index (χ0n) is 5.29. The van der Waals surface area contributed by atoms with E-state index in [2.05, 4.69) is 21.0 Å². The first kappa shape index (κ1) is 8.55. The first-order valence-corrected chi connectivity index (χ1v) is 3.87. The molecule has 0 saturated heterocycles. The summed E-state index contributed by atoms with van der Waals surface area (Å²) in [5.41, 5.74) is 0. The van der Waals surface area contributed by atoms with Crippen molar-refractivity contribution in [1.82, 2.24) is 9.78 Å². The van der Waals surface area contributed by atoms with Crippen LogP contribution in [0, 0.1) is 0 Å². The lowest BCUT2D eigenvalue weighted by molar-refractivity contribution is -0.137. The molecule has 1 rings (SSSR count). The summed E-state index contributed by atoms with van der Waals surface area (Å²) < 4.78 is 1.84. The van der Waals surface area contributed by atoms with Crippen molar-refractivity contribution in [2.24, 2.45) is 0 Å². The van der Waals surface area contributed by atoms with E-state index in [1.807, 2.05) is 0 Å². The van der Waals surface area contributed by atoms with Gasteiger partial charge in [0.05, 0.1) is 4.47 Å². The Kier molecular flexibility index (Phi) is 2.51. The van der Waals surface area contributed by atoms with Crippen molar-refractivity contribution >= 4 is 33.5 Å². The lowest BCUT2D eigenvalue weighted by Crippen LogP contribution is -2.08. The molecular formula is C5H4BrClN2O2. The van der Waals surface area contributed by atoms with Gasteiger partial charge in [-0.1, -0.05) is 11.6 Å². The van der Waals surface area contributed by atoms with Crippen molar-refractivity contribution in [2.75, 3.05) is 0 Å². The number of aliphatic carboxylic acids is 1. The molecule has 0 atom stereocenters. The van der Waals surface area contributed by atoms with Gasteiger partial charge in [-0.15, -0.1) is 0 Å². The number of carbonyl (C=O) groups is 1. The number of rotatable bonds is 2. The second-order valence-electron chi connectivity index (χ2n) is 1.86. The van der Waals surface area contributed by atoms with Gasteiger partial charge < -0.3 is 5.11 Å². The van der Waals surface area contributed by atoms with E-state index < -0.39 is 5.97 Å². The molecule has 60 valence electrons. The molecule has 0 aromatic carbocycles. The van der Waals surface area contributed by atoms with Gasteiger partial charge in [-0.25, -0.2) is 0 Å². The highest BCUT2D eigenvalue weighted by atomic mass is 79.9. The molecule has 4 nitrogen and oxygen atoms in total. The van der Waals surface area contributed by atoms with Crippen molar-refractivity contribution in [3.8, 4) is 0 Å². The van der Waals surface area contributed by atoms with Crippen molar-refractivity contribution < 1.29 is 9.90 Å². The Bertz CT molecular complexity index is 267. The van der Waals surface area contributed by atoms with Gasteiger partial charge in [0.15, 0.2) is 5.15 Å². The van der Waals surface area contributed by atoms with E-state index in [1.54, 1.807) is 0 Å². The van der Waals surface area contributed by atoms with Crippen LogP contribution in [-0.2, 0) is 11.3 Å². The van der Waals surface area contributed by atoms with Gasteiger partial charge in [-0.05, 0) is 15.9 Å². The average molecular weight is 239 g/mol. The summed E-state index contributed by atoms with van der Waals surface area (Å²) in [5.74, 6) is -0.948. The first-order valence-electron chi connectivity index (χ1n) is 2.70. The minimum atomic E-state index is -0.948. The molecule has 6 heteroatoms. The van der Waals surface area contributed by atoms with Crippen LogP contribution in [0.1, 0.15) is 0 Å². The molecule has 0 radical (unpaired) electrons. The second kappa shape index (κ2) is 3.23. The maximum Gasteiger partial charge on any atom is 0.325 e. The fourth-order valence-electron chi connectivity index (χ4n) is 0.593. The Hall–Kier alpha value is -0.550. The fraction of sp³-hybridized carbons (Fsp3) is 0.200. The van der Waals surface area contributed by atoms with Gasteiger partial charge in [0, 0.05) is 6.20 Å². The normalized spacial score (nSPS) is 10.0. The highest BCUT2D eigenvalue weighted by molar-refractivity contribution is 9.10. The molecular weight excluding hydrogens is 235 g/mol. The minimum absolute atomic E-state index is 0.175. The largest absolute Gasteiger partial charge is 0.480 e. The lowest BCUT2D eigenvalue weighted by Gasteiger charge is -1.91. The quantitative estimate of drug-likeness (QED) is 0.848. The summed E-state index contributed by atoms with van der Waals surface area (Å²) in [5, 5.41) is 12.3. The highest BCUT2D eigenvalue weighted by Gasteiger charge is 2.05. The second-order valence-corrected chi connectivity index (χ2v) is 3.07. The number of nitrogens with zero attached hydrogens (tertiary/aromatic N) is 2. The van der Waals surface area contributed by atoms with E-state index in [1.165, 1.54) is 10.9 Å². The van der Waals surface area contributed by atoms with E-state index >= 15 is 0 Å². The van der Waals surface area contributed by atoms with Crippen LogP contribution in [0.25, 0.3) is 0 Å². The third-order valence-electron chi connectivity index (χ3n) is 0.973. The van der Waals surface area contributed by atoms with E-state index in [4.69, 9.17) is 16.7 Å². The number of carboxylic acids is 1. The van der Waals surface area contributed by atoms with Crippen LogP contribution >= 0.6 is 27.5 Å². The van der Waals surface area contributed by atoms with Crippen LogP contribution in [0.5, 0.6) is 0 Å². The number of hydrogen-bond donors (Lipinski definition) is 1. The molecule has 0 fully saturated rings. The molecule has 0 bridgehead atoms. The molecule has 0 amide bonds. The van der Waals surface area contributed by atoms with Crippen molar-refractivity contribution in [2.45, 2.75) is 6.54 Å². The SMILES string of the molecule is O=C(O)Cn1cc(Br)c(Cl)n1. The summed E-state index contributed by atoms with van der Waals surface area (Å²) >= 11 is 8.64. The molecule has 1 heterocycles. The first-order chi connectivity index (χ1) is 5.09. The summed E-state index contributed by atoms with van der Waals surface area (Å²) in [6.07, 6.45) is 1.51. The lowest BCUT2D eigenvalue weighted by atomic mass is 10.6. The zero-order valence-corrected chi connectivity index (χ0v) is 7.63. The maximum atomic E-state index is 10.2. The standard InChI is InChI=1S/C5H4BrClN2O2/c6-3-1-9(2-4(10)11)8-5(3)7/h1H,2H2,(H,10,11).